The molecule has 2 amide bonds. The highest BCUT2D eigenvalue weighted by atomic mass is 32.2. The van der Waals surface area contributed by atoms with Crippen LogP contribution in [-0.2, 0) is 50.7 Å². The van der Waals surface area contributed by atoms with E-state index < -0.39 is 84.6 Å². The number of nitrogens with one attached hydrogen (secondary N) is 2. The summed E-state index contributed by atoms with van der Waals surface area (Å²) in [5.41, 5.74) is 4.27. The number of ether oxygens (including phenoxy) is 1. The number of unbranched alkanes of at least 4 members (excludes halogenated alkanes) is 1. The molecule has 57 heavy (non-hydrogen) atoms. The van der Waals surface area contributed by atoms with Crippen LogP contribution in [0.15, 0.2) is 12.7 Å². The number of hydrogen-bond donors (Lipinski definition) is 9. The minimum absolute atomic E-state index is 0.0321. The van der Waals surface area contributed by atoms with E-state index in [2.05, 4.69) is 48.3 Å². The second kappa shape index (κ2) is 21.2. The third-order valence-electron chi connectivity index (χ3n) is 8.18. The summed E-state index contributed by atoms with van der Waals surface area (Å²) in [6, 6.07) is 0. The molecular formula is C29H50N7O17P3S. The Morgan fingerprint density at radius 3 is 2.37 bits per heavy atom. The fourth-order valence-corrected chi connectivity index (χ4v) is 8.74. The van der Waals surface area contributed by atoms with Gasteiger partial charge in [0.2, 0.25) is 11.8 Å². The summed E-state index contributed by atoms with van der Waals surface area (Å²) in [6.45, 7) is 4.79. The Morgan fingerprint density at radius 2 is 1.70 bits per heavy atom. The molecule has 2 aromatic rings. The Kier molecular flexibility index (Phi) is 18.2. The fraction of sp³-hybridized carbons (Fsp3) is 0.724. The van der Waals surface area contributed by atoms with Gasteiger partial charge in [0.25, 0.3) is 0 Å². The number of aliphatic hydroxyl groups is 2. The number of thioether (sulfide) groups is 1. The predicted molar refractivity (Wildman–Crippen MR) is 200 cm³/mol. The number of phosphoric acid groups is 3. The molecule has 24 nitrogen and oxygen atoms in total. The third kappa shape index (κ3) is 15.9. The summed E-state index contributed by atoms with van der Waals surface area (Å²) in [6.07, 6.45) is -3.57. The normalized spacial score (nSPS) is 21.6. The van der Waals surface area contributed by atoms with Crippen molar-refractivity contribution in [2.45, 2.75) is 90.4 Å². The number of nitrogens with zero attached hydrogens (tertiary/aromatic N) is 4. The van der Waals surface area contributed by atoms with Crippen molar-refractivity contribution >= 4 is 69.1 Å². The van der Waals surface area contributed by atoms with Crippen LogP contribution in [0.3, 0.4) is 0 Å². The van der Waals surface area contributed by atoms with E-state index in [-0.39, 0.29) is 41.6 Å². The monoisotopic (exact) mass is 893 g/mol. The summed E-state index contributed by atoms with van der Waals surface area (Å²) in [4.78, 5) is 87.6. The molecule has 0 radical (unpaired) electrons. The highest BCUT2D eigenvalue weighted by Crippen LogP contribution is 2.61. The van der Waals surface area contributed by atoms with Crippen LogP contribution in [0.5, 0.6) is 0 Å². The van der Waals surface area contributed by atoms with E-state index in [4.69, 9.17) is 19.5 Å². The van der Waals surface area contributed by atoms with Crippen molar-refractivity contribution in [3.63, 3.8) is 0 Å². The van der Waals surface area contributed by atoms with Gasteiger partial charge in [-0.05, 0) is 12.3 Å². The Bertz CT molecular complexity index is 1830. The molecule has 1 fully saturated rings. The first kappa shape index (κ1) is 48.9. The number of aromatic nitrogens is 4. The summed E-state index contributed by atoms with van der Waals surface area (Å²) in [5.74, 6) is -0.461. The molecule has 2 aromatic heterocycles. The number of anilines is 1. The summed E-state index contributed by atoms with van der Waals surface area (Å²) in [5, 5.41) is 26.5. The highest BCUT2D eigenvalue weighted by molar-refractivity contribution is 8.13. The van der Waals surface area contributed by atoms with Crippen molar-refractivity contribution in [3.05, 3.63) is 12.7 Å². The van der Waals surface area contributed by atoms with Gasteiger partial charge in [-0.1, -0.05) is 52.3 Å². The Hall–Kier alpha value is -2.44. The number of amides is 2. The van der Waals surface area contributed by atoms with E-state index >= 15 is 0 Å². The second-order valence-corrected chi connectivity index (χ2v) is 19.3. The minimum Gasteiger partial charge on any atom is -0.386 e. The molecule has 1 aliphatic rings. The smallest absolute Gasteiger partial charge is 0.386 e. The molecule has 28 heteroatoms. The molecule has 0 saturated carbocycles. The average Bonchev–Trinajstić information content (AvgIpc) is 3.66. The maximum atomic E-state index is 12.7. The number of imidazole rings is 1. The standard InChI is InChI=1S/C29H50N7O17P3S/c1-17(2)7-5-6-8-20(38)57-12-11-31-19(37)9-10-32-27(41)24(40)29(3,4)14-50-56(47,48)53-55(45,46)49-13-18-23(52-54(42,43)44)22(39)28(51-18)36-16-35-21-25(30)33-15-34-26(21)36/h15-18,22-24,28,39-40H,5-14H2,1-4H3,(H,31,37)(H,32,41)(H,45,46)(H,47,48)(H2,30,33,34)(H2,42,43,44). The van der Waals surface area contributed by atoms with Crippen LogP contribution in [0.2, 0.25) is 0 Å². The Morgan fingerprint density at radius 1 is 1.02 bits per heavy atom. The highest BCUT2D eigenvalue weighted by Gasteiger charge is 2.50. The lowest BCUT2D eigenvalue weighted by Crippen LogP contribution is -2.46. The first-order valence-electron chi connectivity index (χ1n) is 17.5. The lowest BCUT2D eigenvalue weighted by Gasteiger charge is -2.30. The average molecular weight is 894 g/mol. The number of nitrogen functional groups attached to an aromatic ring is 1. The topological polar surface area (TPSA) is 364 Å². The van der Waals surface area contributed by atoms with E-state index in [1.807, 2.05) is 0 Å². The molecule has 0 bridgehead atoms. The zero-order chi connectivity index (χ0) is 42.8. The molecule has 324 valence electrons. The Labute approximate surface area is 331 Å². The molecule has 0 spiro atoms. The number of nitrogens with two attached hydrogens (primary N) is 1. The van der Waals surface area contributed by atoms with Crippen LogP contribution in [0.1, 0.15) is 66.0 Å². The molecule has 1 aliphatic heterocycles. The predicted octanol–water partition coefficient (Wildman–Crippen LogP) is 0.881. The summed E-state index contributed by atoms with van der Waals surface area (Å²) < 4.78 is 62.1. The van der Waals surface area contributed by atoms with E-state index in [9.17, 15) is 57.9 Å². The number of carbonyl (C=O) groups excluding carboxylic acids is 3. The van der Waals surface area contributed by atoms with Crippen molar-refractivity contribution in [2.24, 2.45) is 11.3 Å². The van der Waals surface area contributed by atoms with Gasteiger partial charge in [0.05, 0.1) is 19.5 Å². The third-order valence-corrected chi connectivity index (χ3v) is 12.2. The van der Waals surface area contributed by atoms with Crippen LogP contribution in [-0.4, -0.2) is 123 Å². The lowest BCUT2D eigenvalue weighted by atomic mass is 9.87. The molecule has 7 atom stereocenters. The van der Waals surface area contributed by atoms with Gasteiger partial charge in [-0.3, -0.25) is 32.5 Å². The molecule has 10 N–H and O–H groups in total. The Balaban J connectivity index is 1.45. The van der Waals surface area contributed by atoms with Gasteiger partial charge in [-0.25, -0.2) is 28.6 Å². The quantitative estimate of drug-likeness (QED) is 0.0521. The van der Waals surface area contributed by atoms with E-state index in [1.54, 1.807) is 0 Å². The zero-order valence-electron chi connectivity index (χ0n) is 31.5. The number of hydrogen-bond acceptors (Lipinski definition) is 18. The maximum Gasteiger partial charge on any atom is 0.481 e. The summed E-state index contributed by atoms with van der Waals surface area (Å²) in [7, 11) is -16.4. The van der Waals surface area contributed by atoms with Crippen LogP contribution < -0.4 is 16.4 Å². The zero-order valence-corrected chi connectivity index (χ0v) is 35.0. The maximum absolute atomic E-state index is 12.7. The van der Waals surface area contributed by atoms with Crippen molar-refractivity contribution in [1.82, 2.24) is 30.2 Å². The SMILES string of the molecule is CC(C)CCCCC(=O)SCCNC(=O)CCNC(=O)C(O)C(C)(C)COP(=O)(O)OP(=O)(O)OCC1OC(n2cnc3c(N)ncnc32)C(O)C1OP(=O)(O)O. The number of fused-ring (bicyclic) bond motifs is 1. The van der Waals surface area contributed by atoms with Crippen molar-refractivity contribution in [3.8, 4) is 0 Å². The second-order valence-electron chi connectivity index (χ2n) is 13.9. The van der Waals surface area contributed by atoms with Crippen LogP contribution >= 0.6 is 35.2 Å². The number of phosphoric ester groups is 3. The lowest BCUT2D eigenvalue weighted by molar-refractivity contribution is -0.137. The van der Waals surface area contributed by atoms with Gasteiger partial charge < -0.3 is 50.9 Å². The minimum atomic E-state index is -5.57. The van der Waals surface area contributed by atoms with Crippen molar-refractivity contribution < 1.29 is 80.5 Å². The molecule has 7 unspecified atom stereocenters. The van der Waals surface area contributed by atoms with E-state index in [1.165, 1.54) is 13.8 Å². The van der Waals surface area contributed by atoms with Crippen LogP contribution in [0, 0.1) is 11.3 Å². The van der Waals surface area contributed by atoms with E-state index in [0.717, 1.165) is 48.2 Å². The molecule has 0 aliphatic carbocycles. The molecular weight excluding hydrogens is 843 g/mol. The number of aliphatic hydroxyl groups excluding tert-OH is 2. The summed E-state index contributed by atoms with van der Waals surface area (Å²) >= 11 is 1.13. The first-order chi connectivity index (χ1) is 26.4. The largest absolute Gasteiger partial charge is 0.481 e. The van der Waals surface area contributed by atoms with Crippen molar-refractivity contribution in [2.75, 3.05) is 37.8 Å². The fourth-order valence-electron chi connectivity index (χ4n) is 5.19. The van der Waals surface area contributed by atoms with Gasteiger partial charge in [-0.2, -0.15) is 4.31 Å². The van der Waals surface area contributed by atoms with Crippen LogP contribution in [0.4, 0.5) is 5.82 Å². The van der Waals surface area contributed by atoms with Gasteiger partial charge in [0.15, 0.2) is 22.8 Å². The first-order valence-corrected chi connectivity index (χ1v) is 23.0. The van der Waals surface area contributed by atoms with Gasteiger partial charge in [-0.15, -0.1) is 0 Å². The molecule has 3 heterocycles. The van der Waals surface area contributed by atoms with Gasteiger partial charge in [0.1, 0.15) is 36.3 Å². The van der Waals surface area contributed by atoms with Gasteiger partial charge in [0, 0.05) is 37.1 Å². The number of carbonyl (C=O) groups is 3. The number of rotatable bonds is 24. The molecule has 3 rings (SSSR count). The van der Waals surface area contributed by atoms with E-state index in [0.29, 0.717) is 18.1 Å². The van der Waals surface area contributed by atoms with Gasteiger partial charge >= 0.3 is 23.5 Å². The molecule has 0 aromatic carbocycles. The van der Waals surface area contributed by atoms with Crippen LogP contribution in [0.25, 0.3) is 11.2 Å². The molecule has 1 saturated heterocycles. The van der Waals surface area contributed by atoms with Crippen molar-refractivity contribution in [1.29, 1.82) is 0 Å².